The van der Waals surface area contributed by atoms with Crippen LogP contribution in [0.1, 0.15) is 18.4 Å². The number of nitrogens with two attached hydrogens (primary N) is 1. The third-order valence-electron chi connectivity index (χ3n) is 3.17. The van der Waals surface area contributed by atoms with Gasteiger partial charge in [0.1, 0.15) is 0 Å². The molecule has 1 amide bonds. The topological polar surface area (TPSA) is 89.5 Å². The van der Waals surface area contributed by atoms with Crippen LogP contribution in [0.5, 0.6) is 0 Å². The van der Waals surface area contributed by atoms with Gasteiger partial charge in [0.15, 0.2) is 0 Å². The van der Waals surface area contributed by atoms with Crippen LogP contribution in [0, 0.1) is 17.0 Å². The first-order chi connectivity index (χ1) is 8.50. The molecule has 0 spiro atoms. The number of piperidine rings is 1. The second-order valence-corrected chi connectivity index (χ2v) is 4.47. The lowest BCUT2D eigenvalue weighted by molar-refractivity contribution is -0.385. The molecule has 18 heavy (non-hydrogen) atoms. The SMILES string of the molecule is Cc1cc(N2CCCC(N)C2=O)ccc1[N+](=O)[O-]. The predicted octanol–water partition coefficient (Wildman–Crippen LogP) is 1.36. The molecule has 0 aromatic heterocycles. The number of nitro groups is 1. The van der Waals surface area contributed by atoms with E-state index in [4.69, 9.17) is 5.73 Å². The zero-order valence-electron chi connectivity index (χ0n) is 10.1. The number of anilines is 1. The Morgan fingerprint density at radius 2 is 2.22 bits per heavy atom. The van der Waals surface area contributed by atoms with E-state index in [1.165, 1.54) is 6.07 Å². The van der Waals surface area contributed by atoms with Crippen molar-refractivity contribution in [2.24, 2.45) is 5.73 Å². The number of hydrogen-bond acceptors (Lipinski definition) is 4. The maximum Gasteiger partial charge on any atom is 0.272 e. The van der Waals surface area contributed by atoms with Crippen molar-refractivity contribution in [2.45, 2.75) is 25.8 Å². The summed E-state index contributed by atoms with van der Waals surface area (Å²) in [5.74, 6) is -0.116. The first-order valence-electron chi connectivity index (χ1n) is 5.82. The third-order valence-corrected chi connectivity index (χ3v) is 3.17. The molecule has 1 heterocycles. The first kappa shape index (κ1) is 12.5. The number of nitro benzene ring substituents is 1. The van der Waals surface area contributed by atoms with E-state index in [0.29, 0.717) is 24.2 Å². The van der Waals surface area contributed by atoms with E-state index in [9.17, 15) is 14.9 Å². The molecule has 0 radical (unpaired) electrons. The Bertz CT molecular complexity index is 501. The molecule has 96 valence electrons. The largest absolute Gasteiger partial charge is 0.320 e. The van der Waals surface area contributed by atoms with Crippen molar-refractivity contribution in [1.82, 2.24) is 0 Å². The molecule has 6 nitrogen and oxygen atoms in total. The van der Waals surface area contributed by atoms with Crippen molar-refractivity contribution in [3.63, 3.8) is 0 Å². The fourth-order valence-corrected chi connectivity index (χ4v) is 2.17. The molecular weight excluding hydrogens is 234 g/mol. The molecule has 0 saturated carbocycles. The van der Waals surface area contributed by atoms with E-state index in [2.05, 4.69) is 0 Å². The van der Waals surface area contributed by atoms with Crippen molar-refractivity contribution < 1.29 is 9.72 Å². The summed E-state index contributed by atoms with van der Waals surface area (Å²) in [6.07, 6.45) is 1.55. The summed E-state index contributed by atoms with van der Waals surface area (Å²) in [6, 6.07) is 4.22. The van der Waals surface area contributed by atoms with Crippen LogP contribution in [0.4, 0.5) is 11.4 Å². The standard InChI is InChI=1S/C12H15N3O3/c1-8-7-9(4-5-11(8)15(17)18)14-6-2-3-10(13)12(14)16/h4-5,7,10H,2-3,6,13H2,1H3. The number of aryl methyl sites for hydroxylation is 1. The third kappa shape index (κ3) is 2.19. The lowest BCUT2D eigenvalue weighted by Crippen LogP contribution is -2.48. The van der Waals surface area contributed by atoms with Crippen molar-refractivity contribution >= 4 is 17.3 Å². The molecule has 1 atom stereocenters. The van der Waals surface area contributed by atoms with Gasteiger partial charge in [-0.05, 0) is 31.9 Å². The highest BCUT2D eigenvalue weighted by molar-refractivity contribution is 5.97. The highest BCUT2D eigenvalue weighted by Gasteiger charge is 2.27. The van der Waals surface area contributed by atoms with Crippen molar-refractivity contribution in [1.29, 1.82) is 0 Å². The van der Waals surface area contributed by atoms with Crippen LogP contribution in [0.25, 0.3) is 0 Å². The molecule has 1 aromatic rings. The molecule has 2 rings (SSSR count). The lowest BCUT2D eigenvalue weighted by Gasteiger charge is -2.30. The number of hydrogen-bond donors (Lipinski definition) is 1. The molecule has 1 aliphatic heterocycles. The van der Waals surface area contributed by atoms with Gasteiger partial charge in [-0.15, -0.1) is 0 Å². The van der Waals surface area contributed by atoms with Crippen LogP contribution in [-0.2, 0) is 4.79 Å². The summed E-state index contributed by atoms with van der Waals surface area (Å²) in [5, 5.41) is 10.7. The molecule has 2 N–H and O–H groups in total. The highest BCUT2D eigenvalue weighted by Crippen LogP contribution is 2.26. The average molecular weight is 249 g/mol. The van der Waals surface area contributed by atoms with E-state index in [1.807, 2.05) is 0 Å². The summed E-state index contributed by atoms with van der Waals surface area (Å²) in [7, 11) is 0. The average Bonchev–Trinajstić information content (AvgIpc) is 2.32. The maximum atomic E-state index is 11.9. The Hall–Kier alpha value is -1.95. The molecule has 0 bridgehead atoms. The molecule has 1 saturated heterocycles. The van der Waals surface area contributed by atoms with Gasteiger partial charge in [0, 0.05) is 23.9 Å². The van der Waals surface area contributed by atoms with Crippen LogP contribution >= 0.6 is 0 Å². The fourth-order valence-electron chi connectivity index (χ4n) is 2.17. The summed E-state index contributed by atoms with van der Waals surface area (Å²) in [6.45, 7) is 2.28. The van der Waals surface area contributed by atoms with E-state index in [1.54, 1.807) is 24.0 Å². The van der Waals surface area contributed by atoms with Crippen molar-refractivity contribution in [3.8, 4) is 0 Å². The lowest BCUT2D eigenvalue weighted by atomic mass is 10.0. The van der Waals surface area contributed by atoms with Gasteiger partial charge in [-0.3, -0.25) is 14.9 Å². The number of rotatable bonds is 2. The summed E-state index contributed by atoms with van der Waals surface area (Å²) >= 11 is 0. The Kier molecular flexibility index (Phi) is 3.29. The summed E-state index contributed by atoms with van der Waals surface area (Å²) < 4.78 is 0. The highest BCUT2D eigenvalue weighted by atomic mass is 16.6. The summed E-state index contributed by atoms with van der Waals surface area (Å²) in [5.41, 5.74) is 7.01. The van der Waals surface area contributed by atoms with Crippen molar-refractivity contribution in [3.05, 3.63) is 33.9 Å². The van der Waals surface area contributed by atoms with Gasteiger partial charge in [0.05, 0.1) is 11.0 Å². The molecular formula is C12H15N3O3. The van der Waals surface area contributed by atoms with Gasteiger partial charge < -0.3 is 10.6 Å². The number of nitrogens with zero attached hydrogens (tertiary/aromatic N) is 2. The monoisotopic (exact) mass is 249 g/mol. The second-order valence-electron chi connectivity index (χ2n) is 4.47. The summed E-state index contributed by atoms with van der Waals surface area (Å²) in [4.78, 5) is 23.8. The van der Waals surface area contributed by atoms with Gasteiger partial charge in [-0.1, -0.05) is 0 Å². The molecule has 1 fully saturated rings. The molecule has 6 heteroatoms. The van der Waals surface area contributed by atoms with E-state index >= 15 is 0 Å². The van der Waals surface area contributed by atoms with Crippen LogP contribution in [0.2, 0.25) is 0 Å². The number of benzene rings is 1. The number of amides is 1. The van der Waals surface area contributed by atoms with Crippen LogP contribution in [0.15, 0.2) is 18.2 Å². The number of carbonyl (C=O) groups excluding carboxylic acids is 1. The first-order valence-corrected chi connectivity index (χ1v) is 5.82. The Morgan fingerprint density at radius 1 is 1.50 bits per heavy atom. The minimum Gasteiger partial charge on any atom is -0.320 e. The Labute approximate surface area is 105 Å². The smallest absolute Gasteiger partial charge is 0.272 e. The minimum atomic E-state index is -0.464. The molecule has 1 unspecified atom stereocenters. The van der Waals surface area contributed by atoms with Gasteiger partial charge >= 0.3 is 0 Å². The maximum absolute atomic E-state index is 11.9. The minimum absolute atomic E-state index is 0.0625. The van der Waals surface area contributed by atoms with Crippen LogP contribution < -0.4 is 10.6 Å². The molecule has 1 aliphatic rings. The van der Waals surface area contributed by atoms with Gasteiger partial charge in [-0.2, -0.15) is 0 Å². The quantitative estimate of drug-likeness (QED) is 0.633. The van der Waals surface area contributed by atoms with E-state index < -0.39 is 11.0 Å². The fraction of sp³-hybridized carbons (Fsp3) is 0.417. The van der Waals surface area contributed by atoms with E-state index in [0.717, 1.165) is 6.42 Å². The van der Waals surface area contributed by atoms with Crippen LogP contribution in [-0.4, -0.2) is 23.4 Å². The van der Waals surface area contributed by atoms with Crippen LogP contribution in [0.3, 0.4) is 0 Å². The second kappa shape index (κ2) is 4.73. The molecule has 0 aliphatic carbocycles. The number of carbonyl (C=O) groups is 1. The molecule has 1 aromatic carbocycles. The Balaban J connectivity index is 2.31. The normalized spacial score (nSPS) is 20.0. The van der Waals surface area contributed by atoms with Gasteiger partial charge in [-0.25, -0.2) is 0 Å². The van der Waals surface area contributed by atoms with E-state index in [-0.39, 0.29) is 11.6 Å². The van der Waals surface area contributed by atoms with Gasteiger partial charge in [0.25, 0.3) is 5.69 Å². The van der Waals surface area contributed by atoms with Gasteiger partial charge in [0.2, 0.25) is 5.91 Å². The van der Waals surface area contributed by atoms with Crippen molar-refractivity contribution in [2.75, 3.05) is 11.4 Å². The Morgan fingerprint density at radius 3 is 2.83 bits per heavy atom. The zero-order valence-corrected chi connectivity index (χ0v) is 10.1. The predicted molar refractivity (Wildman–Crippen MR) is 67.4 cm³/mol. The zero-order chi connectivity index (χ0) is 13.3.